The topological polar surface area (TPSA) is 26.0 Å². The molecule has 0 spiro atoms. The molecule has 1 aliphatic rings. The molecule has 1 saturated carbocycles. The SMILES string of the molecule is NC(CC1CCCC1)c1cccc(I)c1. The molecule has 1 aliphatic carbocycles. The molecule has 1 atom stereocenters. The minimum Gasteiger partial charge on any atom is -0.324 e. The van der Waals surface area contributed by atoms with E-state index in [4.69, 9.17) is 5.73 Å². The van der Waals surface area contributed by atoms with Gasteiger partial charge in [-0.3, -0.25) is 0 Å². The molecule has 1 unspecified atom stereocenters. The predicted molar refractivity (Wildman–Crippen MR) is 72.7 cm³/mol. The molecule has 0 amide bonds. The Bertz CT molecular complexity index is 318. The fourth-order valence-electron chi connectivity index (χ4n) is 2.48. The van der Waals surface area contributed by atoms with Gasteiger partial charge in [-0.05, 0) is 52.6 Å². The van der Waals surface area contributed by atoms with Crippen molar-refractivity contribution in [3.05, 3.63) is 33.4 Å². The van der Waals surface area contributed by atoms with E-state index in [0.717, 1.165) is 5.92 Å². The van der Waals surface area contributed by atoms with Gasteiger partial charge < -0.3 is 5.73 Å². The van der Waals surface area contributed by atoms with E-state index in [2.05, 4.69) is 46.9 Å². The maximum absolute atomic E-state index is 6.24. The van der Waals surface area contributed by atoms with Gasteiger partial charge in [0, 0.05) is 9.61 Å². The summed E-state index contributed by atoms with van der Waals surface area (Å²) in [6.07, 6.45) is 6.75. The van der Waals surface area contributed by atoms with E-state index in [-0.39, 0.29) is 6.04 Å². The van der Waals surface area contributed by atoms with Crippen molar-refractivity contribution >= 4 is 22.6 Å². The Labute approximate surface area is 106 Å². The van der Waals surface area contributed by atoms with Crippen LogP contribution in [0.25, 0.3) is 0 Å². The lowest BCUT2D eigenvalue weighted by Crippen LogP contribution is -2.14. The van der Waals surface area contributed by atoms with Crippen molar-refractivity contribution in [2.24, 2.45) is 11.7 Å². The molecule has 82 valence electrons. The van der Waals surface area contributed by atoms with E-state index in [9.17, 15) is 0 Å². The molecule has 0 aliphatic heterocycles. The van der Waals surface area contributed by atoms with Crippen LogP contribution in [0.15, 0.2) is 24.3 Å². The van der Waals surface area contributed by atoms with E-state index in [1.165, 1.54) is 41.2 Å². The molecule has 2 heteroatoms. The second kappa shape index (κ2) is 5.30. The summed E-state index contributed by atoms with van der Waals surface area (Å²) >= 11 is 2.35. The molecule has 1 fully saturated rings. The maximum Gasteiger partial charge on any atom is 0.0297 e. The Hall–Kier alpha value is -0.0900. The smallest absolute Gasteiger partial charge is 0.0297 e. The summed E-state index contributed by atoms with van der Waals surface area (Å²) in [6, 6.07) is 8.82. The normalized spacial score (nSPS) is 19.3. The summed E-state index contributed by atoms with van der Waals surface area (Å²) in [4.78, 5) is 0. The van der Waals surface area contributed by atoms with Crippen molar-refractivity contribution in [1.82, 2.24) is 0 Å². The first-order valence-corrected chi connectivity index (χ1v) is 6.84. The van der Waals surface area contributed by atoms with Crippen LogP contribution in [0.2, 0.25) is 0 Å². The molecular formula is C13H18IN. The van der Waals surface area contributed by atoms with Crippen molar-refractivity contribution in [3.63, 3.8) is 0 Å². The quantitative estimate of drug-likeness (QED) is 0.842. The van der Waals surface area contributed by atoms with Crippen molar-refractivity contribution in [2.75, 3.05) is 0 Å². The molecule has 1 aromatic rings. The first-order valence-electron chi connectivity index (χ1n) is 5.77. The largest absolute Gasteiger partial charge is 0.324 e. The fraction of sp³-hybridized carbons (Fsp3) is 0.538. The maximum atomic E-state index is 6.24. The molecule has 1 nitrogen and oxygen atoms in total. The minimum absolute atomic E-state index is 0.239. The fourth-order valence-corrected chi connectivity index (χ4v) is 3.05. The average Bonchev–Trinajstić information content (AvgIpc) is 2.70. The third-order valence-corrected chi connectivity index (χ3v) is 4.01. The van der Waals surface area contributed by atoms with Crippen LogP contribution >= 0.6 is 22.6 Å². The molecule has 0 saturated heterocycles. The lowest BCUT2D eigenvalue weighted by Gasteiger charge is -2.16. The van der Waals surface area contributed by atoms with Crippen LogP contribution in [0.5, 0.6) is 0 Å². The molecular weight excluding hydrogens is 297 g/mol. The van der Waals surface area contributed by atoms with E-state index >= 15 is 0 Å². The molecule has 0 radical (unpaired) electrons. The zero-order valence-electron chi connectivity index (χ0n) is 8.95. The predicted octanol–water partition coefficient (Wildman–Crippen LogP) is 3.87. The lowest BCUT2D eigenvalue weighted by atomic mass is 9.94. The number of nitrogens with two attached hydrogens (primary N) is 1. The highest BCUT2D eigenvalue weighted by Crippen LogP contribution is 2.32. The van der Waals surface area contributed by atoms with Gasteiger partial charge in [0.1, 0.15) is 0 Å². The van der Waals surface area contributed by atoms with E-state index in [1.54, 1.807) is 0 Å². The summed E-state index contributed by atoms with van der Waals surface area (Å²) in [5.74, 6) is 0.873. The molecule has 1 aromatic carbocycles. The van der Waals surface area contributed by atoms with Crippen molar-refractivity contribution < 1.29 is 0 Å². The van der Waals surface area contributed by atoms with Gasteiger partial charge in [0.05, 0.1) is 0 Å². The van der Waals surface area contributed by atoms with Crippen LogP contribution < -0.4 is 5.73 Å². The van der Waals surface area contributed by atoms with Crippen molar-refractivity contribution in [3.8, 4) is 0 Å². The number of hydrogen-bond donors (Lipinski definition) is 1. The molecule has 2 rings (SSSR count). The van der Waals surface area contributed by atoms with E-state index in [1.807, 2.05) is 0 Å². The van der Waals surface area contributed by atoms with E-state index in [0.29, 0.717) is 0 Å². The highest BCUT2D eigenvalue weighted by Gasteiger charge is 2.18. The second-order valence-corrected chi connectivity index (χ2v) is 5.79. The summed E-state index contributed by atoms with van der Waals surface area (Å²) in [5.41, 5.74) is 7.54. The number of benzene rings is 1. The van der Waals surface area contributed by atoms with Crippen LogP contribution in [-0.4, -0.2) is 0 Å². The van der Waals surface area contributed by atoms with Crippen LogP contribution in [0, 0.1) is 9.49 Å². The second-order valence-electron chi connectivity index (χ2n) is 4.55. The van der Waals surface area contributed by atoms with Gasteiger partial charge in [-0.1, -0.05) is 37.8 Å². The van der Waals surface area contributed by atoms with Gasteiger partial charge in [0.15, 0.2) is 0 Å². The molecule has 0 bridgehead atoms. The van der Waals surface area contributed by atoms with Gasteiger partial charge >= 0.3 is 0 Å². The summed E-state index contributed by atoms with van der Waals surface area (Å²) in [5, 5.41) is 0. The zero-order valence-corrected chi connectivity index (χ0v) is 11.1. The third-order valence-electron chi connectivity index (χ3n) is 3.34. The molecule has 0 heterocycles. The first-order chi connectivity index (χ1) is 7.25. The standard InChI is InChI=1S/C13H18IN/c14-12-7-3-6-11(9-12)13(15)8-10-4-1-2-5-10/h3,6-7,9-10,13H,1-2,4-5,8,15H2. The van der Waals surface area contributed by atoms with Gasteiger partial charge in [0.25, 0.3) is 0 Å². The Kier molecular flexibility index (Phi) is 4.03. The number of rotatable bonds is 3. The Balaban J connectivity index is 1.97. The summed E-state index contributed by atoms with van der Waals surface area (Å²) < 4.78 is 1.28. The average molecular weight is 315 g/mol. The minimum atomic E-state index is 0.239. The molecule has 2 N–H and O–H groups in total. The van der Waals surface area contributed by atoms with E-state index < -0.39 is 0 Å². The summed E-state index contributed by atoms with van der Waals surface area (Å²) in [7, 11) is 0. The number of halogens is 1. The van der Waals surface area contributed by atoms with Crippen LogP contribution in [-0.2, 0) is 0 Å². The highest BCUT2D eigenvalue weighted by molar-refractivity contribution is 14.1. The Morgan fingerprint density at radius 3 is 2.73 bits per heavy atom. The first kappa shape index (κ1) is 11.4. The number of hydrogen-bond acceptors (Lipinski definition) is 1. The van der Waals surface area contributed by atoms with Gasteiger partial charge in [-0.2, -0.15) is 0 Å². The summed E-state index contributed by atoms with van der Waals surface area (Å²) in [6.45, 7) is 0. The van der Waals surface area contributed by atoms with Crippen LogP contribution in [0.3, 0.4) is 0 Å². The van der Waals surface area contributed by atoms with Gasteiger partial charge in [0.2, 0.25) is 0 Å². The Morgan fingerprint density at radius 2 is 2.07 bits per heavy atom. The molecule has 15 heavy (non-hydrogen) atoms. The van der Waals surface area contributed by atoms with Crippen LogP contribution in [0.1, 0.15) is 43.7 Å². The highest BCUT2D eigenvalue weighted by atomic mass is 127. The van der Waals surface area contributed by atoms with Crippen molar-refractivity contribution in [1.29, 1.82) is 0 Å². The monoisotopic (exact) mass is 315 g/mol. The molecule has 0 aromatic heterocycles. The lowest BCUT2D eigenvalue weighted by molar-refractivity contribution is 0.451. The third kappa shape index (κ3) is 3.18. The van der Waals surface area contributed by atoms with Crippen LogP contribution in [0.4, 0.5) is 0 Å². The Morgan fingerprint density at radius 1 is 1.33 bits per heavy atom. The van der Waals surface area contributed by atoms with Gasteiger partial charge in [-0.25, -0.2) is 0 Å². The van der Waals surface area contributed by atoms with Gasteiger partial charge in [-0.15, -0.1) is 0 Å². The zero-order chi connectivity index (χ0) is 10.7. The van der Waals surface area contributed by atoms with Crippen molar-refractivity contribution in [2.45, 2.75) is 38.1 Å².